The van der Waals surface area contributed by atoms with Crippen LogP contribution >= 0.6 is 0 Å². The maximum absolute atomic E-state index is 11.9. The Bertz CT molecular complexity index is 653. The first-order chi connectivity index (χ1) is 8.74. The van der Waals surface area contributed by atoms with Gasteiger partial charge >= 0.3 is 0 Å². The number of Topliss-reactive ketones (excluding diaryl/α,β-unsaturated/α-hetero) is 1. The predicted octanol–water partition coefficient (Wildman–Crippen LogP) is 1.09. The van der Waals surface area contributed by atoms with Gasteiger partial charge in [-0.15, -0.1) is 0 Å². The molecule has 1 N–H and O–H groups in total. The first-order valence-electron chi connectivity index (χ1n) is 6.00. The minimum atomic E-state index is -0.132. The molecule has 3 rings (SSSR count). The highest BCUT2D eigenvalue weighted by Gasteiger charge is 2.18. The lowest BCUT2D eigenvalue weighted by atomic mass is 10.1. The fraction of sp³-hybridized carbons (Fsp3) is 0.308. The Labute approximate surface area is 103 Å². The highest BCUT2D eigenvalue weighted by molar-refractivity contribution is 5.81. The summed E-state index contributed by atoms with van der Waals surface area (Å²) >= 11 is 0. The van der Waals surface area contributed by atoms with Crippen LogP contribution in [0.2, 0.25) is 0 Å². The highest BCUT2D eigenvalue weighted by atomic mass is 16.1. The van der Waals surface area contributed by atoms with Crippen LogP contribution in [0.25, 0.3) is 10.9 Å². The quantitative estimate of drug-likeness (QED) is 0.814. The van der Waals surface area contributed by atoms with Gasteiger partial charge in [-0.1, -0.05) is 12.1 Å². The number of aromatic amines is 1. The van der Waals surface area contributed by atoms with E-state index in [9.17, 15) is 9.59 Å². The summed E-state index contributed by atoms with van der Waals surface area (Å²) < 4.78 is 0. The monoisotopic (exact) mass is 243 g/mol. The molecule has 1 fully saturated rings. The molecule has 1 saturated heterocycles. The summed E-state index contributed by atoms with van der Waals surface area (Å²) in [5, 5.41) is 0.592. The zero-order valence-electron chi connectivity index (χ0n) is 9.85. The van der Waals surface area contributed by atoms with Gasteiger partial charge in [0.25, 0.3) is 5.56 Å². The van der Waals surface area contributed by atoms with Crippen molar-refractivity contribution in [3.8, 4) is 0 Å². The average Bonchev–Trinajstić information content (AvgIpc) is 2.39. The second kappa shape index (κ2) is 4.25. The van der Waals surface area contributed by atoms with Gasteiger partial charge in [0.1, 0.15) is 5.78 Å². The molecule has 0 aliphatic carbocycles. The number of fused-ring (bicyclic) bond motifs is 1. The molecule has 2 aromatic rings. The Hall–Kier alpha value is -2.17. The maximum Gasteiger partial charge on any atom is 0.260 e. The Balaban J connectivity index is 2.03. The molecular weight excluding hydrogens is 230 g/mol. The largest absolute Gasteiger partial charge is 0.341 e. The summed E-state index contributed by atoms with van der Waals surface area (Å²) in [6.45, 7) is 1.25. The number of anilines is 1. The third-order valence-electron chi connectivity index (χ3n) is 3.22. The van der Waals surface area contributed by atoms with Crippen LogP contribution in [0.5, 0.6) is 0 Å². The molecule has 1 aromatic carbocycles. The number of H-pyrrole nitrogens is 1. The van der Waals surface area contributed by atoms with E-state index >= 15 is 0 Å². The van der Waals surface area contributed by atoms with Crippen molar-refractivity contribution in [2.75, 3.05) is 18.0 Å². The smallest absolute Gasteiger partial charge is 0.260 e. The van der Waals surface area contributed by atoms with E-state index in [1.807, 2.05) is 23.1 Å². The van der Waals surface area contributed by atoms with Gasteiger partial charge in [0.2, 0.25) is 5.95 Å². The van der Waals surface area contributed by atoms with Gasteiger partial charge < -0.3 is 4.90 Å². The lowest BCUT2D eigenvalue weighted by Crippen LogP contribution is -2.36. The highest BCUT2D eigenvalue weighted by Crippen LogP contribution is 2.15. The number of nitrogens with one attached hydrogen (secondary N) is 1. The number of ketones is 1. The summed E-state index contributed by atoms with van der Waals surface area (Å²) in [4.78, 5) is 32.3. The van der Waals surface area contributed by atoms with E-state index in [0.717, 1.165) is 0 Å². The van der Waals surface area contributed by atoms with Crippen molar-refractivity contribution < 1.29 is 4.79 Å². The van der Waals surface area contributed by atoms with Gasteiger partial charge in [-0.3, -0.25) is 14.6 Å². The average molecular weight is 243 g/mol. The molecule has 0 bridgehead atoms. The predicted molar refractivity (Wildman–Crippen MR) is 68.8 cm³/mol. The molecule has 92 valence electrons. The molecule has 5 heteroatoms. The van der Waals surface area contributed by atoms with E-state index in [2.05, 4.69) is 9.97 Å². The molecule has 1 aromatic heterocycles. The van der Waals surface area contributed by atoms with Gasteiger partial charge in [-0.05, 0) is 12.1 Å². The van der Waals surface area contributed by atoms with Gasteiger partial charge in [0.15, 0.2) is 0 Å². The molecule has 1 aliphatic rings. The maximum atomic E-state index is 11.9. The number of hydrogen-bond donors (Lipinski definition) is 1. The van der Waals surface area contributed by atoms with Gasteiger partial charge in [-0.25, -0.2) is 4.98 Å². The summed E-state index contributed by atoms with van der Waals surface area (Å²) in [5.74, 6) is 0.834. The molecular formula is C13H13N3O2. The zero-order valence-corrected chi connectivity index (χ0v) is 9.85. The van der Waals surface area contributed by atoms with Gasteiger partial charge in [-0.2, -0.15) is 0 Å². The number of rotatable bonds is 1. The lowest BCUT2D eigenvalue weighted by Gasteiger charge is -2.26. The van der Waals surface area contributed by atoms with Crippen LogP contribution in [0.3, 0.4) is 0 Å². The van der Waals surface area contributed by atoms with Crippen molar-refractivity contribution in [3.05, 3.63) is 34.6 Å². The number of para-hydroxylation sites is 1. The molecule has 0 unspecified atom stereocenters. The van der Waals surface area contributed by atoms with E-state index in [-0.39, 0.29) is 11.3 Å². The second-order valence-electron chi connectivity index (χ2n) is 4.43. The number of nitrogens with zero attached hydrogens (tertiary/aromatic N) is 2. The minimum Gasteiger partial charge on any atom is -0.341 e. The molecule has 0 amide bonds. The van der Waals surface area contributed by atoms with Crippen LogP contribution in [-0.2, 0) is 4.79 Å². The second-order valence-corrected chi connectivity index (χ2v) is 4.43. The minimum absolute atomic E-state index is 0.132. The van der Waals surface area contributed by atoms with Crippen molar-refractivity contribution in [2.45, 2.75) is 12.8 Å². The Morgan fingerprint density at radius 3 is 2.61 bits per heavy atom. The first kappa shape index (κ1) is 11.0. The Morgan fingerprint density at radius 1 is 1.11 bits per heavy atom. The van der Waals surface area contributed by atoms with Crippen LogP contribution in [0.1, 0.15) is 12.8 Å². The summed E-state index contributed by atoms with van der Waals surface area (Å²) in [7, 11) is 0. The summed E-state index contributed by atoms with van der Waals surface area (Å²) in [6, 6.07) is 7.25. The normalized spacial score (nSPS) is 16.2. The number of hydrogen-bond acceptors (Lipinski definition) is 4. The molecule has 0 radical (unpaired) electrons. The number of benzene rings is 1. The molecule has 2 heterocycles. The van der Waals surface area contributed by atoms with Crippen molar-refractivity contribution in [2.24, 2.45) is 0 Å². The van der Waals surface area contributed by atoms with Crippen molar-refractivity contribution in [1.29, 1.82) is 0 Å². The molecule has 0 atom stereocenters. The standard InChI is InChI=1S/C13H13N3O2/c17-9-5-7-16(8-6-9)13-14-11-4-2-1-3-10(11)12(18)15-13/h1-4H,5-8H2,(H,14,15,18). The van der Waals surface area contributed by atoms with E-state index in [1.165, 1.54) is 0 Å². The summed E-state index contributed by atoms with van der Waals surface area (Å²) in [5.41, 5.74) is 0.556. The van der Waals surface area contributed by atoms with Crippen molar-refractivity contribution >= 4 is 22.6 Å². The molecule has 18 heavy (non-hydrogen) atoms. The van der Waals surface area contributed by atoms with Crippen LogP contribution in [0, 0.1) is 0 Å². The first-order valence-corrected chi connectivity index (χ1v) is 6.00. The SMILES string of the molecule is O=C1CCN(c2nc3ccccc3c(=O)[nH]2)CC1. The van der Waals surface area contributed by atoms with Gasteiger partial charge in [0, 0.05) is 25.9 Å². The van der Waals surface area contributed by atoms with Crippen LogP contribution in [-0.4, -0.2) is 28.8 Å². The molecule has 0 spiro atoms. The zero-order chi connectivity index (χ0) is 12.5. The number of piperidine rings is 1. The van der Waals surface area contributed by atoms with E-state index in [0.29, 0.717) is 42.8 Å². The van der Waals surface area contributed by atoms with E-state index < -0.39 is 0 Å². The number of aromatic nitrogens is 2. The number of carbonyl (C=O) groups excluding carboxylic acids is 1. The third-order valence-corrected chi connectivity index (χ3v) is 3.22. The Kier molecular flexibility index (Phi) is 2.59. The van der Waals surface area contributed by atoms with Crippen molar-refractivity contribution in [1.82, 2.24) is 9.97 Å². The van der Waals surface area contributed by atoms with Gasteiger partial charge in [0.05, 0.1) is 10.9 Å². The van der Waals surface area contributed by atoms with Crippen LogP contribution < -0.4 is 10.5 Å². The van der Waals surface area contributed by atoms with E-state index in [1.54, 1.807) is 6.07 Å². The van der Waals surface area contributed by atoms with Crippen LogP contribution in [0.15, 0.2) is 29.1 Å². The fourth-order valence-electron chi connectivity index (χ4n) is 2.19. The lowest BCUT2D eigenvalue weighted by molar-refractivity contribution is -0.119. The third kappa shape index (κ3) is 1.88. The Morgan fingerprint density at radius 2 is 1.83 bits per heavy atom. The molecule has 5 nitrogen and oxygen atoms in total. The van der Waals surface area contributed by atoms with Crippen LogP contribution in [0.4, 0.5) is 5.95 Å². The van der Waals surface area contributed by atoms with Crippen molar-refractivity contribution in [3.63, 3.8) is 0 Å². The molecule has 1 aliphatic heterocycles. The molecule has 0 saturated carbocycles. The number of carbonyl (C=O) groups is 1. The topological polar surface area (TPSA) is 66.1 Å². The fourth-order valence-corrected chi connectivity index (χ4v) is 2.19. The van der Waals surface area contributed by atoms with E-state index in [4.69, 9.17) is 0 Å². The summed E-state index contributed by atoms with van der Waals surface area (Å²) in [6.07, 6.45) is 1.05.